The SMILES string of the molecule is CCOC(=O)CC#Cc1ccc(C(C)=O)cc1N. The van der Waals surface area contributed by atoms with E-state index in [0.717, 1.165) is 0 Å². The summed E-state index contributed by atoms with van der Waals surface area (Å²) >= 11 is 0. The van der Waals surface area contributed by atoms with Crippen molar-refractivity contribution in [1.29, 1.82) is 0 Å². The van der Waals surface area contributed by atoms with Crippen molar-refractivity contribution >= 4 is 17.4 Å². The molecule has 18 heavy (non-hydrogen) atoms. The Morgan fingerprint density at radius 3 is 2.67 bits per heavy atom. The zero-order valence-electron chi connectivity index (χ0n) is 10.4. The molecule has 4 nitrogen and oxygen atoms in total. The molecule has 0 bridgehead atoms. The van der Waals surface area contributed by atoms with Crippen LogP contribution in [-0.2, 0) is 9.53 Å². The molecule has 2 N–H and O–H groups in total. The van der Waals surface area contributed by atoms with Gasteiger partial charge in [-0.15, -0.1) is 0 Å². The van der Waals surface area contributed by atoms with Gasteiger partial charge in [0.25, 0.3) is 0 Å². The number of rotatable bonds is 3. The molecular weight excluding hydrogens is 230 g/mol. The molecule has 0 heterocycles. The number of ether oxygens (including phenoxy) is 1. The molecule has 0 radical (unpaired) electrons. The van der Waals surface area contributed by atoms with E-state index in [1.165, 1.54) is 6.92 Å². The molecule has 0 saturated heterocycles. The van der Waals surface area contributed by atoms with Gasteiger partial charge >= 0.3 is 5.97 Å². The fraction of sp³-hybridized carbons (Fsp3) is 0.286. The highest BCUT2D eigenvalue weighted by atomic mass is 16.5. The third kappa shape index (κ3) is 3.95. The summed E-state index contributed by atoms with van der Waals surface area (Å²) in [6.07, 6.45) is 0.0295. The van der Waals surface area contributed by atoms with Crippen LogP contribution in [-0.4, -0.2) is 18.4 Å². The van der Waals surface area contributed by atoms with Crippen LogP contribution in [0.25, 0.3) is 0 Å². The Labute approximate surface area is 106 Å². The van der Waals surface area contributed by atoms with Crippen LogP contribution in [0.3, 0.4) is 0 Å². The molecule has 0 unspecified atom stereocenters. The molecule has 0 aliphatic rings. The van der Waals surface area contributed by atoms with E-state index in [2.05, 4.69) is 11.8 Å². The summed E-state index contributed by atoms with van der Waals surface area (Å²) < 4.78 is 4.74. The van der Waals surface area contributed by atoms with Crippen molar-refractivity contribution in [3.05, 3.63) is 29.3 Å². The van der Waals surface area contributed by atoms with Gasteiger partial charge in [-0.25, -0.2) is 0 Å². The highest BCUT2D eigenvalue weighted by molar-refractivity contribution is 5.95. The van der Waals surface area contributed by atoms with Gasteiger partial charge in [0.1, 0.15) is 6.42 Å². The van der Waals surface area contributed by atoms with Crippen molar-refractivity contribution in [1.82, 2.24) is 0 Å². The minimum absolute atomic E-state index is 0.0295. The number of nitrogens with two attached hydrogens (primary N) is 1. The maximum absolute atomic E-state index is 11.1. The molecule has 0 atom stereocenters. The third-order valence-corrected chi connectivity index (χ3v) is 2.22. The molecule has 0 aromatic heterocycles. The summed E-state index contributed by atoms with van der Waals surface area (Å²) in [5, 5.41) is 0. The second-order valence-electron chi connectivity index (χ2n) is 3.64. The largest absolute Gasteiger partial charge is 0.465 e. The van der Waals surface area contributed by atoms with E-state index in [-0.39, 0.29) is 18.2 Å². The van der Waals surface area contributed by atoms with E-state index in [1.807, 2.05) is 0 Å². The summed E-state index contributed by atoms with van der Waals surface area (Å²) in [4.78, 5) is 22.2. The molecule has 1 aromatic carbocycles. The van der Waals surface area contributed by atoms with Gasteiger partial charge in [0.2, 0.25) is 0 Å². The fourth-order valence-corrected chi connectivity index (χ4v) is 1.32. The number of carbonyl (C=O) groups excluding carboxylic acids is 2. The molecule has 1 aromatic rings. The molecule has 94 valence electrons. The van der Waals surface area contributed by atoms with E-state index in [1.54, 1.807) is 25.1 Å². The number of hydrogen-bond donors (Lipinski definition) is 1. The standard InChI is InChI=1S/C14H15NO3/c1-3-18-14(17)6-4-5-11-7-8-12(10(2)16)9-13(11)15/h7-9H,3,6,15H2,1-2H3. The van der Waals surface area contributed by atoms with Crippen molar-refractivity contribution in [2.24, 2.45) is 0 Å². The first-order chi connectivity index (χ1) is 8.54. The van der Waals surface area contributed by atoms with Gasteiger partial charge in [-0.05, 0) is 26.0 Å². The number of carbonyl (C=O) groups is 2. The third-order valence-electron chi connectivity index (χ3n) is 2.22. The molecule has 0 spiro atoms. The summed E-state index contributed by atoms with van der Waals surface area (Å²) in [7, 11) is 0. The number of nitrogen functional groups attached to an aromatic ring is 1. The Morgan fingerprint density at radius 2 is 2.11 bits per heavy atom. The van der Waals surface area contributed by atoms with E-state index in [4.69, 9.17) is 10.5 Å². The number of esters is 1. The zero-order valence-corrected chi connectivity index (χ0v) is 10.4. The molecule has 1 rings (SSSR count). The lowest BCUT2D eigenvalue weighted by molar-refractivity contribution is -0.141. The van der Waals surface area contributed by atoms with Crippen LogP contribution in [0.1, 0.15) is 36.2 Å². The van der Waals surface area contributed by atoms with Gasteiger partial charge in [0, 0.05) is 16.8 Å². The first kappa shape index (κ1) is 13.8. The Morgan fingerprint density at radius 1 is 1.39 bits per heavy atom. The number of ketones is 1. The smallest absolute Gasteiger partial charge is 0.317 e. The molecule has 4 heteroatoms. The quantitative estimate of drug-likeness (QED) is 0.381. The van der Waals surface area contributed by atoms with E-state index in [9.17, 15) is 9.59 Å². The second-order valence-corrected chi connectivity index (χ2v) is 3.64. The van der Waals surface area contributed by atoms with Gasteiger partial charge in [-0.3, -0.25) is 9.59 Å². The van der Waals surface area contributed by atoms with E-state index >= 15 is 0 Å². The van der Waals surface area contributed by atoms with Crippen LogP contribution in [0, 0.1) is 11.8 Å². The molecule has 0 fully saturated rings. The lowest BCUT2D eigenvalue weighted by Crippen LogP contribution is -2.01. The average Bonchev–Trinajstić information content (AvgIpc) is 2.31. The minimum atomic E-state index is -0.357. The van der Waals surface area contributed by atoms with Crippen molar-refractivity contribution < 1.29 is 14.3 Å². The van der Waals surface area contributed by atoms with Crippen LogP contribution in [0.4, 0.5) is 5.69 Å². The normalized spacial score (nSPS) is 9.22. The van der Waals surface area contributed by atoms with Gasteiger partial charge in [0.15, 0.2) is 5.78 Å². The second kappa shape index (κ2) is 6.45. The monoisotopic (exact) mass is 245 g/mol. The maximum Gasteiger partial charge on any atom is 0.317 e. The molecule has 0 aliphatic carbocycles. The zero-order chi connectivity index (χ0) is 13.5. The summed E-state index contributed by atoms with van der Waals surface area (Å²) in [5.74, 6) is 5.06. The Kier molecular flexibility index (Phi) is 4.94. The molecule has 0 saturated carbocycles. The highest BCUT2D eigenvalue weighted by Crippen LogP contribution is 2.13. The summed E-state index contributed by atoms with van der Waals surface area (Å²) in [6, 6.07) is 4.91. The molecule has 0 amide bonds. The fourth-order valence-electron chi connectivity index (χ4n) is 1.32. The summed E-state index contributed by atoms with van der Waals surface area (Å²) in [5.41, 5.74) is 7.34. The van der Waals surface area contributed by atoms with Crippen molar-refractivity contribution in [2.45, 2.75) is 20.3 Å². The van der Waals surface area contributed by atoms with E-state index < -0.39 is 0 Å². The van der Waals surface area contributed by atoms with Crippen LogP contribution < -0.4 is 5.73 Å². The first-order valence-electron chi connectivity index (χ1n) is 5.59. The number of hydrogen-bond acceptors (Lipinski definition) is 4. The van der Waals surface area contributed by atoms with E-state index in [0.29, 0.717) is 23.4 Å². The lowest BCUT2D eigenvalue weighted by Gasteiger charge is -2.00. The maximum atomic E-state index is 11.1. The molecular formula is C14H15NO3. The van der Waals surface area contributed by atoms with Gasteiger partial charge < -0.3 is 10.5 Å². The van der Waals surface area contributed by atoms with Gasteiger partial charge in [0.05, 0.1) is 6.61 Å². The van der Waals surface area contributed by atoms with Crippen LogP contribution in [0.15, 0.2) is 18.2 Å². The Hall–Kier alpha value is -2.28. The lowest BCUT2D eigenvalue weighted by atomic mass is 10.1. The van der Waals surface area contributed by atoms with Crippen LogP contribution in [0.2, 0.25) is 0 Å². The molecule has 0 aliphatic heterocycles. The first-order valence-corrected chi connectivity index (χ1v) is 5.59. The van der Waals surface area contributed by atoms with Crippen molar-refractivity contribution in [2.75, 3.05) is 12.3 Å². The Balaban J connectivity index is 2.77. The van der Waals surface area contributed by atoms with Gasteiger partial charge in [-0.1, -0.05) is 17.9 Å². The van der Waals surface area contributed by atoms with Crippen LogP contribution >= 0.6 is 0 Å². The Bertz CT molecular complexity index is 524. The summed E-state index contributed by atoms with van der Waals surface area (Å²) in [6.45, 7) is 3.56. The predicted octanol–water partition coefficient (Wildman–Crippen LogP) is 1.78. The minimum Gasteiger partial charge on any atom is -0.465 e. The predicted molar refractivity (Wildman–Crippen MR) is 69.0 cm³/mol. The van der Waals surface area contributed by atoms with Crippen molar-refractivity contribution in [3.63, 3.8) is 0 Å². The topological polar surface area (TPSA) is 69.4 Å². The highest BCUT2D eigenvalue weighted by Gasteiger charge is 2.02. The van der Waals surface area contributed by atoms with Crippen LogP contribution in [0.5, 0.6) is 0 Å². The number of anilines is 1. The average molecular weight is 245 g/mol. The number of benzene rings is 1. The van der Waals surface area contributed by atoms with Crippen molar-refractivity contribution in [3.8, 4) is 11.8 Å². The number of Topliss-reactive ketones (excluding diaryl/α,β-unsaturated/α-hetero) is 1. The van der Waals surface area contributed by atoms with Gasteiger partial charge in [-0.2, -0.15) is 0 Å².